The van der Waals surface area contributed by atoms with Gasteiger partial charge in [-0.3, -0.25) is 0 Å². The van der Waals surface area contributed by atoms with E-state index >= 15 is 0 Å². The summed E-state index contributed by atoms with van der Waals surface area (Å²) in [7, 11) is 2.00. The van der Waals surface area contributed by atoms with Gasteiger partial charge in [0.15, 0.2) is 0 Å². The van der Waals surface area contributed by atoms with Crippen molar-refractivity contribution in [1.82, 2.24) is 5.32 Å². The number of hydrogen-bond donors (Lipinski definition) is 2. The first kappa shape index (κ1) is 21.6. The maximum absolute atomic E-state index is 11.4. The number of hydrogen-bond acceptors (Lipinski definition) is 2. The van der Waals surface area contributed by atoms with Crippen LogP contribution in [-0.4, -0.2) is 12.2 Å². The number of fused-ring (bicyclic) bond motifs is 1. The molecular formula is C29H35NO. The Morgan fingerprint density at radius 1 is 0.871 bits per heavy atom. The van der Waals surface area contributed by atoms with E-state index in [2.05, 4.69) is 69.4 Å². The lowest BCUT2D eigenvalue weighted by atomic mass is 9.81. The smallest absolute Gasteiger partial charge is 0.126 e. The third-order valence-corrected chi connectivity index (χ3v) is 6.99. The molecule has 0 radical (unpaired) electrons. The van der Waals surface area contributed by atoms with Gasteiger partial charge in [0.05, 0.1) is 0 Å². The molecule has 0 amide bonds. The summed E-state index contributed by atoms with van der Waals surface area (Å²) in [6.45, 7) is 9.37. The van der Waals surface area contributed by atoms with Crippen molar-refractivity contribution >= 4 is 0 Å². The number of aryl methyl sites for hydroxylation is 3. The van der Waals surface area contributed by atoms with Crippen LogP contribution >= 0.6 is 0 Å². The first-order valence-electron chi connectivity index (χ1n) is 11.7. The van der Waals surface area contributed by atoms with Crippen LogP contribution in [0.5, 0.6) is 5.75 Å². The van der Waals surface area contributed by atoms with Crippen LogP contribution in [0, 0.1) is 20.8 Å². The van der Waals surface area contributed by atoms with Gasteiger partial charge in [0, 0.05) is 12.1 Å². The van der Waals surface area contributed by atoms with Gasteiger partial charge < -0.3 is 10.4 Å². The number of nitrogens with one attached hydrogen (secondary N) is 1. The van der Waals surface area contributed by atoms with E-state index in [1.165, 1.54) is 69.3 Å². The highest BCUT2D eigenvalue weighted by Gasteiger charge is 2.23. The Balaban J connectivity index is 2.03. The summed E-state index contributed by atoms with van der Waals surface area (Å²) in [5.74, 6) is 0.443. The van der Waals surface area contributed by atoms with Crippen molar-refractivity contribution in [3.63, 3.8) is 0 Å². The molecule has 0 aliphatic heterocycles. The van der Waals surface area contributed by atoms with Crippen LogP contribution in [0.4, 0.5) is 0 Å². The monoisotopic (exact) mass is 413 g/mol. The topological polar surface area (TPSA) is 32.3 Å². The number of phenols is 1. The van der Waals surface area contributed by atoms with Gasteiger partial charge in [-0.15, -0.1) is 0 Å². The zero-order chi connectivity index (χ0) is 22.1. The first-order valence-corrected chi connectivity index (χ1v) is 11.7. The predicted molar refractivity (Wildman–Crippen MR) is 132 cm³/mol. The molecule has 0 atom stereocenters. The van der Waals surface area contributed by atoms with E-state index in [-0.39, 0.29) is 0 Å². The third-order valence-electron chi connectivity index (χ3n) is 6.99. The average Bonchev–Trinajstić information content (AvgIpc) is 2.77. The molecule has 0 heterocycles. The minimum Gasteiger partial charge on any atom is -0.507 e. The van der Waals surface area contributed by atoms with Gasteiger partial charge in [-0.25, -0.2) is 0 Å². The SMILES string of the molecule is CCc1c(C)c(O)c(-c2cc3c(cc2CNC)CCCC3)c(C)c1-c1ccc(C)cc1. The molecule has 1 aliphatic rings. The number of aromatic hydroxyl groups is 1. The number of benzene rings is 3. The van der Waals surface area contributed by atoms with Crippen molar-refractivity contribution in [1.29, 1.82) is 0 Å². The molecule has 31 heavy (non-hydrogen) atoms. The summed E-state index contributed by atoms with van der Waals surface area (Å²) in [4.78, 5) is 0. The summed E-state index contributed by atoms with van der Waals surface area (Å²) in [6, 6.07) is 13.6. The van der Waals surface area contributed by atoms with E-state index in [4.69, 9.17) is 0 Å². The van der Waals surface area contributed by atoms with E-state index in [1.807, 2.05) is 7.05 Å². The lowest BCUT2D eigenvalue weighted by Crippen LogP contribution is -2.11. The molecule has 0 saturated heterocycles. The zero-order valence-corrected chi connectivity index (χ0v) is 19.7. The highest BCUT2D eigenvalue weighted by Crippen LogP contribution is 2.45. The van der Waals surface area contributed by atoms with E-state index < -0.39 is 0 Å². The van der Waals surface area contributed by atoms with Gasteiger partial charge in [-0.05, 0) is 110 Å². The second-order valence-corrected chi connectivity index (χ2v) is 9.06. The molecule has 0 fully saturated rings. The summed E-state index contributed by atoms with van der Waals surface area (Å²) in [5, 5.41) is 14.8. The Morgan fingerprint density at radius 2 is 1.52 bits per heavy atom. The van der Waals surface area contributed by atoms with Crippen LogP contribution in [0.25, 0.3) is 22.3 Å². The molecule has 3 aromatic carbocycles. The predicted octanol–water partition coefficient (Wildman–Crippen LogP) is 6.81. The highest BCUT2D eigenvalue weighted by molar-refractivity contribution is 5.88. The van der Waals surface area contributed by atoms with Crippen molar-refractivity contribution in [3.05, 3.63) is 75.3 Å². The molecule has 1 aliphatic carbocycles. The maximum Gasteiger partial charge on any atom is 0.126 e. The van der Waals surface area contributed by atoms with E-state index in [0.717, 1.165) is 30.5 Å². The maximum atomic E-state index is 11.4. The number of phenolic OH excluding ortho intramolecular Hbond substituents is 1. The van der Waals surface area contributed by atoms with Crippen LogP contribution in [0.2, 0.25) is 0 Å². The summed E-state index contributed by atoms with van der Waals surface area (Å²) in [6.07, 6.45) is 5.73. The fourth-order valence-electron chi connectivity index (χ4n) is 5.34. The van der Waals surface area contributed by atoms with Crippen LogP contribution in [-0.2, 0) is 25.8 Å². The standard InChI is InChI=1S/C29H35NO/c1-6-25-19(3)29(31)28(20(4)27(25)21-13-11-18(2)12-14-21)26-16-23-10-8-7-9-22(23)15-24(26)17-30-5/h11-16,30-31H,6-10,17H2,1-5H3. The van der Waals surface area contributed by atoms with Crippen molar-refractivity contribution in [3.8, 4) is 28.0 Å². The summed E-state index contributed by atoms with van der Waals surface area (Å²) in [5.41, 5.74) is 13.6. The Hall–Kier alpha value is -2.58. The van der Waals surface area contributed by atoms with Crippen LogP contribution in [0.3, 0.4) is 0 Å². The van der Waals surface area contributed by atoms with Gasteiger partial charge in [0.25, 0.3) is 0 Å². The van der Waals surface area contributed by atoms with E-state index in [1.54, 1.807) is 0 Å². The molecule has 0 unspecified atom stereocenters. The minimum atomic E-state index is 0.443. The molecule has 2 N–H and O–H groups in total. The normalized spacial score (nSPS) is 13.3. The van der Waals surface area contributed by atoms with Crippen molar-refractivity contribution < 1.29 is 5.11 Å². The molecule has 4 rings (SSSR count). The highest BCUT2D eigenvalue weighted by atomic mass is 16.3. The second kappa shape index (κ2) is 8.88. The first-order chi connectivity index (χ1) is 15.0. The summed E-state index contributed by atoms with van der Waals surface area (Å²) < 4.78 is 0. The average molecular weight is 414 g/mol. The quantitative estimate of drug-likeness (QED) is 0.481. The van der Waals surface area contributed by atoms with Crippen LogP contribution < -0.4 is 5.32 Å². The van der Waals surface area contributed by atoms with E-state index in [0.29, 0.717) is 5.75 Å². The Kier molecular flexibility index (Phi) is 6.20. The number of rotatable bonds is 5. The fraction of sp³-hybridized carbons (Fsp3) is 0.379. The molecule has 162 valence electrons. The van der Waals surface area contributed by atoms with Gasteiger partial charge in [-0.2, -0.15) is 0 Å². The van der Waals surface area contributed by atoms with Crippen molar-refractivity contribution in [2.24, 2.45) is 0 Å². The second-order valence-electron chi connectivity index (χ2n) is 9.06. The molecule has 0 aromatic heterocycles. The molecule has 2 heteroatoms. The fourth-order valence-corrected chi connectivity index (χ4v) is 5.34. The van der Waals surface area contributed by atoms with Crippen molar-refractivity contribution in [2.45, 2.75) is 66.3 Å². The molecule has 0 spiro atoms. The van der Waals surface area contributed by atoms with Crippen LogP contribution in [0.1, 0.15) is 58.7 Å². The summed E-state index contributed by atoms with van der Waals surface area (Å²) >= 11 is 0. The Labute approximate surface area is 187 Å². The van der Waals surface area contributed by atoms with E-state index in [9.17, 15) is 5.11 Å². The molecule has 0 bridgehead atoms. The third kappa shape index (κ3) is 3.90. The minimum absolute atomic E-state index is 0.443. The molecular weight excluding hydrogens is 378 g/mol. The molecule has 3 aromatic rings. The lowest BCUT2D eigenvalue weighted by Gasteiger charge is -2.25. The molecule has 0 saturated carbocycles. The van der Waals surface area contributed by atoms with Crippen molar-refractivity contribution in [2.75, 3.05) is 7.05 Å². The van der Waals surface area contributed by atoms with Gasteiger partial charge >= 0.3 is 0 Å². The Bertz CT molecular complexity index is 1110. The van der Waals surface area contributed by atoms with Gasteiger partial charge in [0.2, 0.25) is 0 Å². The van der Waals surface area contributed by atoms with Gasteiger partial charge in [0.1, 0.15) is 5.75 Å². The Morgan fingerprint density at radius 3 is 2.13 bits per heavy atom. The van der Waals surface area contributed by atoms with Crippen LogP contribution in [0.15, 0.2) is 36.4 Å². The molecule has 2 nitrogen and oxygen atoms in total. The van der Waals surface area contributed by atoms with Gasteiger partial charge in [-0.1, -0.05) is 48.9 Å². The largest absolute Gasteiger partial charge is 0.507 e. The zero-order valence-electron chi connectivity index (χ0n) is 19.7. The lowest BCUT2D eigenvalue weighted by molar-refractivity contribution is 0.472.